The molecule has 3 aromatic rings. The number of fused-ring (bicyclic) bond motifs is 1. The fraction of sp³-hybridized carbons (Fsp3) is 0.385. The molecule has 36 heavy (non-hydrogen) atoms. The van der Waals surface area contributed by atoms with E-state index in [9.17, 15) is 14.4 Å². The molecule has 0 radical (unpaired) electrons. The molecule has 0 fully saturated rings. The lowest BCUT2D eigenvalue weighted by Gasteiger charge is -2.21. The SMILES string of the molecule is CCCCOC(=O)N[C@H](CCc1ccccc1)C(=O)N[C@@H](C)C(=O)NCc1cc2c(N)nccc2s1. The monoisotopic (exact) mass is 511 g/mol. The van der Waals surface area contributed by atoms with Gasteiger partial charge in [0.2, 0.25) is 11.8 Å². The van der Waals surface area contributed by atoms with Gasteiger partial charge >= 0.3 is 6.09 Å². The number of aromatic nitrogens is 1. The third-order valence-corrected chi connectivity index (χ3v) is 6.72. The van der Waals surface area contributed by atoms with Gasteiger partial charge in [-0.05, 0) is 43.9 Å². The summed E-state index contributed by atoms with van der Waals surface area (Å²) in [5.41, 5.74) is 6.95. The second kappa shape index (κ2) is 13.4. The number of nitrogens with zero attached hydrogens (tertiary/aromatic N) is 1. The number of amides is 3. The molecule has 0 aliphatic carbocycles. The van der Waals surface area contributed by atoms with Gasteiger partial charge in [-0.3, -0.25) is 9.59 Å². The molecular weight excluding hydrogens is 478 g/mol. The van der Waals surface area contributed by atoms with Crippen LogP contribution in [0.15, 0.2) is 48.7 Å². The maximum absolute atomic E-state index is 13.0. The van der Waals surface area contributed by atoms with Crippen molar-refractivity contribution in [3.05, 3.63) is 59.1 Å². The number of anilines is 1. The van der Waals surface area contributed by atoms with E-state index in [0.717, 1.165) is 33.4 Å². The lowest BCUT2D eigenvalue weighted by atomic mass is 10.0. The van der Waals surface area contributed by atoms with Crippen LogP contribution in [0.25, 0.3) is 10.1 Å². The summed E-state index contributed by atoms with van der Waals surface area (Å²) >= 11 is 1.52. The van der Waals surface area contributed by atoms with Crippen molar-refractivity contribution in [1.29, 1.82) is 0 Å². The fourth-order valence-corrected chi connectivity index (χ4v) is 4.55. The quantitative estimate of drug-likeness (QED) is 0.275. The van der Waals surface area contributed by atoms with Crippen LogP contribution in [0.5, 0.6) is 0 Å². The summed E-state index contributed by atoms with van der Waals surface area (Å²) in [6.45, 7) is 4.19. The largest absolute Gasteiger partial charge is 0.450 e. The number of unbranched alkanes of at least 4 members (excludes halogenated alkanes) is 1. The van der Waals surface area contributed by atoms with Crippen LogP contribution in [-0.4, -0.2) is 41.6 Å². The first-order valence-corrected chi connectivity index (χ1v) is 12.9. The molecule has 3 amide bonds. The zero-order valence-corrected chi connectivity index (χ0v) is 21.4. The average Bonchev–Trinajstić information content (AvgIpc) is 3.30. The minimum atomic E-state index is -0.840. The number of hydrogen-bond acceptors (Lipinski definition) is 7. The Bertz CT molecular complexity index is 1170. The Labute approximate surface area is 214 Å². The lowest BCUT2D eigenvalue weighted by Crippen LogP contribution is -2.52. The third-order valence-electron chi connectivity index (χ3n) is 5.62. The van der Waals surface area contributed by atoms with Crippen LogP contribution >= 0.6 is 11.3 Å². The Morgan fingerprint density at radius 3 is 2.61 bits per heavy atom. The summed E-state index contributed by atoms with van der Waals surface area (Å²) in [4.78, 5) is 42.9. The van der Waals surface area contributed by atoms with Gasteiger partial charge < -0.3 is 26.4 Å². The number of thiophene rings is 1. The molecule has 1 aromatic carbocycles. The molecule has 2 heterocycles. The van der Waals surface area contributed by atoms with Gasteiger partial charge in [-0.25, -0.2) is 9.78 Å². The van der Waals surface area contributed by atoms with E-state index in [1.807, 2.05) is 49.4 Å². The first kappa shape index (κ1) is 26.9. The maximum Gasteiger partial charge on any atom is 0.407 e. The number of ether oxygens (including phenoxy) is 1. The van der Waals surface area contributed by atoms with Gasteiger partial charge in [0.05, 0.1) is 13.2 Å². The third kappa shape index (κ3) is 7.94. The van der Waals surface area contributed by atoms with E-state index >= 15 is 0 Å². The van der Waals surface area contributed by atoms with Crippen LogP contribution in [0, 0.1) is 0 Å². The smallest absolute Gasteiger partial charge is 0.407 e. The van der Waals surface area contributed by atoms with E-state index < -0.39 is 24.1 Å². The number of benzene rings is 1. The molecule has 10 heteroatoms. The Morgan fingerprint density at radius 1 is 1.11 bits per heavy atom. The number of pyridine rings is 1. The molecule has 0 aliphatic heterocycles. The first-order chi connectivity index (χ1) is 17.4. The van der Waals surface area contributed by atoms with Crippen LogP contribution in [0.4, 0.5) is 10.6 Å². The predicted molar refractivity (Wildman–Crippen MR) is 141 cm³/mol. The van der Waals surface area contributed by atoms with E-state index in [1.165, 1.54) is 11.3 Å². The molecule has 0 unspecified atom stereocenters. The number of carbonyl (C=O) groups is 3. The van der Waals surface area contributed by atoms with Crippen molar-refractivity contribution in [3.63, 3.8) is 0 Å². The zero-order valence-electron chi connectivity index (χ0n) is 20.6. The summed E-state index contributed by atoms with van der Waals surface area (Å²) in [6, 6.07) is 11.8. The molecule has 9 nitrogen and oxygen atoms in total. The first-order valence-electron chi connectivity index (χ1n) is 12.1. The highest BCUT2D eigenvalue weighted by Crippen LogP contribution is 2.28. The number of nitrogens with two attached hydrogens (primary N) is 1. The van der Waals surface area contributed by atoms with E-state index in [2.05, 4.69) is 20.9 Å². The Balaban J connectivity index is 1.56. The van der Waals surface area contributed by atoms with Gasteiger partial charge in [0, 0.05) is 21.2 Å². The minimum Gasteiger partial charge on any atom is -0.450 e. The molecule has 5 N–H and O–H groups in total. The minimum absolute atomic E-state index is 0.285. The van der Waals surface area contributed by atoms with Gasteiger partial charge in [0.25, 0.3) is 0 Å². The summed E-state index contributed by atoms with van der Waals surface area (Å²) in [6.07, 6.45) is 3.59. The maximum atomic E-state index is 13.0. The van der Waals surface area contributed by atoms with Gasteiger partial charge in [0.15, 0.2) is 0 Å². The second-order valence-corrected chi connectivity index (χ2v) is 9.65. The molecule has 2 aromatic heterocycles. The van der Waals surface area contributed by atoms with Gasteiger partial charge in [-0.2, -0.15) is 0 Å². The van der Waals surface area contributed by atoms with Crippen molar-refractivity contribution in [2.45, 2.75) is 58.2 Å². The van der Waals surface area contributed by atoms with E-state index in [-0.39, 0.29) is 12.5 Å². The van der Waals surface area contributed by atoms with Crippen molar-refractivity contribution in [3.8, 4) is 0 Å². The van der Waals surface area contributed by atoms with Crippen molar-refractivity contribution in [2.24, 2.45) is 0 Å². The Kier molecular flexibility index (Phi) is 10.1. The number of carbonyl (C=O) groups excluding carboxylic acids is 3. The van der Waals surface area contributed by atoms with E-state index in [1.54, 1.807) is 13.1 Å². The molecule has 0 aliphatic rings. The Hall–Kier alpha value is -3.66. The molecule has 192 valence electrons. The van der Waals surface area contributed by atoms with Gasteiger partial charge in [-0.15, -0.1) is 11.3 Å². The number of hydrogen-bond donors (Lipinski definition) is 4. The molecule has 0 bridgehead atoms. The lowest BCUT2D eigenvalue weighted by molar-refractivity contribution is -0.129. The number of aryl methyl sites for hydroxylation is 1. The highest BCUT2D eigenvalue weighted by Gasteiger charge is 2.25. The van der Waals surface area contributed by atoms with Crippen LogP contribution in [0.2, 0.25) is 0 Å². The zero-order chi connectivity index (χ0) is 25.9. The normalized spacial score (nSPS) is 12.5. The number of alkyl carbamates (subject to hydrolysis) is 1. The number of nitrogens with one attached hydrogen (secondary N) is 3. The average molecular weight is 512 g/mol. The Morgan fingerprint density at radius 2 is 1.89 bits per heavy atom. The summed E-state index contributed by atoms with van der Waals surface area (Å²) in [5, 5.41) is 9.05. The highest BCUT2D eigenvalue weighted by molar-refractivity contribution is 7.19. The van der Waals surface area contributed by atoms with Crippen LogP contribution in [-0.2, 0) is 27.3 Å². The van der Waals surface area contributed by atoms with E-state index in [4.69, 9.17) is 10.5 Å². The summed E-state index contributed by atoms with van der Waals surface area (Å²) in [5.74, 6) is -0.329. The van der Waals surface area contributed by atoms with Gasteiger partial charge in [-0.1, -0.05) is 43.7 Å². The van der Waals surface area contributed by atoms with Crippen LogP contribution in [0.3, 0.4) is 0 Å². The van der Waals surface area contributed by atoms with Crippen LogP contribution in [0.1, 0.15) is 43.6 Å². The van der Waals surface area contributed by atoms with Gasteiger partial charge in [0.1, 0.15) is 17.9 Å². The second-order valence-electron chi connectivity index (χ2n) is 8.48. The van der Waals surface area contributed by atoms with Crippen molar-refractivity contribution >= 4 is 45.1 Å². The topological polar surface area (TPSA) is 135 Å². The molecule has 0 saturated carbocycles. The highest BCUT2D eigenvalue weighted by atomic mass is 32.1. The molecular formula is C26H33N5O4S. The van der Waals surface area contributed by atoms with Crippen molar-refractivity contribution < 1.29 is 19.1 Å². The standard InChI is InChI=1S/C26H33N5O4S/c1-3-4-14-35-26(34)31-21(11-10-18-8-6-5-7-9-18)25(33)30-17(2)24(32)29-16-19-15-20-22(36-19)12-13-28-23(20)27/h5-9,12-13,15,17,21H,3-4,10-11,14,16H2,1-2H3,(H2,27,28)(H,29,32)(H,30,33)(H,31,34)/t17-,21+/m0/s1. The summed E-state index contributed by atoms with van der Waals surface area (Å²) in [7, 11) is 0. The predicted octanol–water partition coefficient (Wildman–Crippen LogP) is 3.53. The fourth-order valence-electron chi connectivity index (χ4n) is 3.55. The van der Waals surface area contributed by atoms with Crippen molar-refractivity contribution in [2.75, 3.05) is 12.3 Å². The number of nitrogen functional groups attached to an aromatic ring is 1. The number of rotatable bonds is 12. The molecule has 2 atom stereocenters. The molecule has 0 saturated heterocycles. The van der Waals surface area contributed by atoms with Crippen LogP contribution < -0.4 is 21.7 Å². The van der Waals surface area contributed by atoms with Crippen molar-refractivity contribution in [1.82, 2.24) is 20.9 Å². The van der Waals surface area contributed by atoms with E-state index in [0.29, 0.717) is 25.2 Å². The summed E-state index contributed by atoms with van der Waals surface area (Å²) < 4.78 is 6.16. The molecule has 0 spiro atoms. The molecule has 3 rings (SSSR count).